The van der Waals surface area contributed by atoms with E-state index >= 15 is 0 Å². The molecule has 0 saturated carbocycles. The van der Waals surface area contributed by atoms with Gasteiger partial charge in [0.2, 0.25) is 0 Å². The molecule has 1 aromatic carbocycles. The zero-order valence-corrected chi connectivity index (χ0v) is 16.1. The molecule has 4 heterocycles. The van der Waals surface area contributed by atoms with Crippen molar-refractivity contribution < 1.29 is 4.79 Å². The Kier molecular flexibility index (Phi) is 4.07. The molecule has 1 N–H and O–H groups in total. The van der Waals surface area contributed by atoms with Crippen LogP contribution in [0.25, 0.3) is 10.1 Å². The van der Waals surface area contributed by atoms with E-state index < -0.39 is 0 Å². The monoisotopic (exact) mass is 382 g/mol. The smallest absolute Gasteiger partial charge is 0.261 e. The van der Waals surface area contributed by atoms with Crippen molar-refractivity contribution in [1.82, 2.24) is 10.2 Å². The van der Waals surface area contributed by atoms with Gasteiger partial charge in [0.05, 0.1) is 14.9 Å². The molecule has 2 bridgehead atoms. The Bertz CT molecular complexity index is 770. The van der Waals surface area contributed by atoms with Crippen molar-refractivity contribution in [1.29, 1.82) is 0 Å². The molecule has 3 aliphatic rings. The number of nitrogens with one attached hydrogen (secondary N) is 1. The number of nitrogens with zero attached hydrogens (tertiary/aromatic N) is 1. The molecule has 1 aromatic heterocycles. The minimum Gasteiger partial charge on any atom is -0.346 e. The number of thiophene rings is 1. The Labute approximate surface area is 155 Å². The van der Waals surface area contributed by atoms with Crippen LogP contribution in [0.3, 0.4) is 0 Å². The van der Waals surface area contributed by atoms with Gasteiger partial charge in [-0.15, -0.1) is 11.3 Å². The van der Waals surface area contributed by atoms with Crippen molar-refractivity contribution in [2.45, 2.75) is 38.3 Å². The number of hydrogen-bond donors (Lipinski definition) is 1. The Hall–Kier alpha value is -0.810. The molecule has 5 rings (SSSR count). The molecule has 0 aliphatic carbocycles. The molecular weight excluding hydrogens is 363 g/mol. The van der Waals surface area contributed by atoms with Gasteiger partial charge in [0.15, 0.2) is 0 Å². The van der Waals surface area contributed by atoms with Crippen LogP contribution in [0.1, 0.15) is 36.4 Å². The Morgan fingerprint density at radius 2 is 1.88 bits per heavy atom. The van der Waals surface area contributed by atoms with Crippen molar-refractivity contribution in [3.05, 3.63) is 33.1 Å². The fraction of sp³-hybridized carbons (Fsp3) is 0.500. The summed E-state index contributed by atoms with van der Waals surface area (Å²) in [5.41, 5.74) is 0.0140. The molecule has 6 heteroatoms. The standard InChI is InChI=1S/C18H20Cl2N2OS/c1-18(2)16(10-3-5-22(18)6-4-10)21-17(23)15-8-11-7-12(19)13(20)9-14(11)24-15/h7-10,16H,3-6H2,1-2H3,(H,21,23)/t16-/m1/s1. The highest BCUT2D eigenvalue weighted by molar-refractivity contribution is 7.20. The third kappa shape index (κ3) is 2.64. The first-order chi connectivity index (χ1) is 11.4. The second-order valence-corrected chi connectivity index (χ2v) is 9.24. The highest BCUT2D eigenvalue weighted by Crippen LogP contribution is 2.39. The maximum Gasteiger partial charge on any atom is 0.261 e. The van der Waals surface area contributed by atoms with Gasteiger partial charge in [0.1, 0.15) is 0 Å². The van der Waals surface area contributed by atoms with Gasteiger partial charge in [-0.25, -0.2) is 0 Å². The van der Waals surface area contributed by atoms with E-state index in [2.05, 4.69) is 24.1 Å². The largest absolute Gasteiger partial charge is 0.346 e. The summed E-state index contributed by atoms with van der Waals surface area (Å²) in [5.74, 6) is 0.586. The van der Waals surface area contributed by atoms with Crippen LogP contribution >= 0.6 is 34.5 Å². The molecule has 24 heavy (non-hydrogen) atoms. The topological polar surface area (TPSA) is 32.3 Å². The molecular formula is C18H20Cl2N2OS. The SMILES string of the molecule is CC1(C)[C@H](NC(=O)c2cc3cc(Cl)c(Cl)cc3s2)C2CCN1CC2. The number of halogens is 2. The number of piperidine rings is 3. The van der Waals surface area contributed by atoms with Gasteiger partial charge in [0, 0.05) is 16.3 Å². The average molecular weight is 383 g/mol. The van der Waals surface area contributed by atoms with Crippen LogP contribution in [0.2, 0.25) is 10.0 Å². The fourth-order valence-electron chi connectivity index (χ4n) is 4.24. The van der Waals surface area contributed by atoms with Crippen LogP contribution in [0.15, 0.2) is 18.2 Å². The zero-order chi connectivity index (χ0) is 17.1. The summed E-state index contributed by atoms with van der Waals surface area (Å²) in [6, 6.07) is 5.76. The second kappa shape index (κ2) is 5.87. The van der Waals surface area contributed by atoms with Gasteiger partial charge in [-0.05, 0) is 69.3 Å². The van der Waals surface area contributed by atoms with Crippen LogP contribution < -0.4 is 5.32 Å². The summed E-state index contributed by atoms with van der Waals surface area (Å²) in [5, 5.41) is 5.32. The maximum atomic E-state index is 12.8. The lowest BCUT2D eigenvalue weighted by molar-refractivity contribution is -0.0377. The first-order valence-electron chi connectivity index (χ1n) is 8.31. The lowest BCUT2D eigenvalue weighted by Gasteiger charge is -2.56. The van der Waals surface area contributed by atoms with Crippen molar-refractivity contribution in [2.75, 3.05) is 13.1 Å². The lowest BCUT2D eigenvalue weighted by atomic mass is 9.72. The number of carbonyl (C=O) groups is 1. The van der Waals surface area contributed by atoms with Gasteiger partial charge in [-0.2, -0.15) is 0 Å². The quantitative estimate of drug-likeness (QED) is 0.807. The summed E-state index contributed by atoms with van der Waals surface area (Å²) in [6.45, 7) is 6.77. The van der Waals surface area contributed by atoms with Crippen molar-refractivity contribution in [3.8, 4) is 0 Å². The molecule has 128 valence electrons. The van der Waals surface area contributed by atoms with Crippen LogP contribution in [0.4, 0.5) is 0 Å². The van der Waals surface area contributed by atoms with E-state index in [1.807, 2.05) is 18.2 Å². The van der Waals surface area contributed by atoms with Crippen molar-refractivity contribution >= 4 is 50.5 Å². The third-order valence-electron chi connectivity index (χ3n) is 5.66. The van der Waals surface area contributed by atoms with Crippen LogP contribution in [-0.4, -0.2) is 35.5 Å². The number of benzene rings is 1. The van der Waals surface area contributed by atoms with Crippen molar-refractivity contribution in [3.63, 3.8) is 0 Å². The molecule has 0 spiro atoms. The molecule has 3 nitrogen and oxygen atoms in total. The highest BCUT2D eigenvalue weighted by Gasteiger charge is 2.48. The summed E-state index contributed by atoms with van der Waals surface area (Å²) in [6.07, 6.45) is 2.35. The molecule has 3 aliphatic heterocycles. The van der Waals surface area contributed by atoms with E-state index in [0.29, 0.717) is 16.0 Å². The summed E-state index contributed by atoms with van der Waals surface area (Å²) in [7, 11) is 0. The Morgan fingerprint density at radius 1 is 1.21 bits per heavy atom. The predicted octanol–water partition coefficient (Wildman–Crippen LogP) is 4.81. The molecule has 3 fully saturated rings. The zero-order valence-electron chi connectivity index (χ0n) is 13.7. The molecule has 3 saturated heterocycles. The predicted molar refractivity (Wildman–Crippen MR) is 101 cm³/mol. The molecule has 2 aromatic rings. The van der Waals surface area contributed by atoms with Gasteiger partial charge >= 0.3 is 0 Å². The van der Waals surface area contributed by atoms with Crippen LogP contribution in [0.5, 0.6) is 0 Å². The summed E-state index contributed by atoms with van der Waals surface area (Å²) >= 11 is 13.6. The van der Waals surface area contributed by atoms with Crippen LogP contribution in [-0.2, 0) is 0 Å². The number of fused-ring (bicyclic) bond motifs is 4. The highest BCUT2D eigenvalue weighted by atomic mass is 35.5. The normalized spacial score (nSPS) is 28.2. The molecule has 0 radical (unpaired) electrons. The van der Waals surface area contributed by atoms with E-state index in [0.717, 1.165) is 28.1 Å². The molecule has 1 amide bonds. The van der Waals surface area contributed by atoms with Gasteiger partial charge in [0.25, 0.3) is 5.91 Å². The first-order valence-corrected chi connectivity index (χ1v) is 9.88. The van der Waals surface area contributed by atoms with E-state index in [9.17, 15) is 4.79 Å². The van der Waals surface area contributed by atoms with Gasteiger partial charge < -0.3 is 5.32 Å². The Balaban J connectivity index is 1.60. The second-order valence-electron chi connectivity index (χ2n) is 7.34. The minimum atomic E-state index is 0.00951. The lowest BCUT2D eigenvalue weighted by Crippen LogP contribution is -2.69. The van der Waals surface area contributed by atoms with Gasteiger partial charge in [-0.3, -0.25) is 9.69 Å². The van der Waals surface area contributed by atoms with E-state index in [1.165, 1.54) is 24.2 Å². The van der Waals surface area contributed by atoms with E-state index in [-0.39, 0.29) is 17.5 Å². The molecule has 0 unspecified atom stereocenters. The average Bonchev–Trinajstić information content (AvgIpc) is 2.94. The summed E-state index contributed by atoms with van der Waals surface area (Å²) in [4.78, 5) is 16.1. The first kappa shape index (κ1) is 16.6. The third-order valence-corrected chi connectivity index (χ3v) is 7.48. The number of amides is 1. The summed E-state index contributed by atoms with van der Waals surface area (Å²) < 4.78 is 0.989. The number of rotatable bonds is 2. The number of carbonyl (C=O) groups excluding carboxylic acids is 1. The Morgan fingerprint density at radius 3 is 2.54 bits per heavy atom. The van der Waals surface area contributed by atoms with Gasteiger partial charge in [-0.1, -0.05) is 23.2 Å². The van der Waals surface area contributed by atoms with Crippen LogP contribution in [0, 0.1) is 5.92 Å². The van der Waals surface area contributed by atoms with Crippen molar-refractivity contribution in [2.24, 2.45) is 5.92 Å². The number of hydrogen-bond acceptors (Lipinski definition) is 3. The molecule has 1 atom stereocenters. The fourth-order valence-corrected chi connectivity index (χ4v) is 5.62. The van der Waals surface area contributed by atoms with E-state index in [4.69, 9.17) is 23.2 Å². The van der Waals surface area contributed by atoms with E-state index in [1.54, 1.807) is 0 Å². The maximum absolute atomic E-state index is 12.8. The minimum absolute atomic E-state index is 0.00951.